The van der Waals surface area contributed by atoms with Crippen LogP contribution in [-0.2, 0) is 11.3 Å². The Morgan fingerprint density at radius 2 is 1.84 bits per heavy atom. The van der Waals surface area contributed by atoms with Crippen molar-refractivity contribution in [2.45, 2.75) is 44.7 Å². The summed E-state index contributed by atoms with van der Waals surface area (Å²) in [7, 11) is 0. The van der Waals surface area contributed by atoms with Crippen LogP contribution in [0.15, 0.2) is 36.4 Å². The summed E-state index contributed by atoms with van der Waals surface area (Å²) < 4.78 is 5.42. The number of carbonyl (C=O) groups is 1. The minimum Gasteiger partial charge on any atom is -0.507 e. The Hall–Kier alpha value is -2.28. The van der Waals surface area contributed by atoms with Gasteiger partial charge in [-0.1, -0.05) is 35.9 Å². The zero-order valence-electron chi connectivity index (χ0n) is 18.2. The predicted octanol–water partition coefficient (Wildman–Crippen LogP) is 4.63. The number of amides is 1. The largest absolute Gasteiger partial charge is 0.507 e. The van der Waals surface area contributed by atoms with Crippen molar-refractivity contribution in [1.29, 1.82) is 0 Å². The molecule has 0 radical (unpaired) electrons. The molecule has 2 aromatic carbocycles. The smallest absolute Gasteiger partial charge is 0.258 e. The number of nitrogens with one attached hydrogen (secondary N) is 1. The van der Waals surface area contributed by atoms with E-state index < -0.39 is 0 Å². The summed E-state index contributed by atoms with van der Waals surface area (Å²) in [6.45, 7) is 4.25. The fourth-order valence-corrected chi connectivity index (χ4v) is 4.83. The minimum atomic E-state index is -0.272. The minimum absolute atomic E-state index is 0.0370. The van der Waals surface area contributed by atoms with E-state index in [-0.39, 0.29) is 34.0 Å². The van der Waals surface area contributed by atoms with Crippen LogP contribution in [0.2, 0.25) is 5.02 Å². The van der Waals surface area contributed by atoms with Gasteiger partial charge in [0, 0.05) is 32.4 Å². The zero-order chi connectivity index (χ0) is 22.5. The highest BCUT2D eigenvalue weighted by Crippen LogP contribution is 2.37. The third-order valence-corrected chi connectivity index (χ3v) is 6.88. The summed E-state index contributed by atoms with van der Waals surface area (Å²) in [6.07, 6.45) is 5.30. The number of nitrogens with zero attached hydrogens (tertiary/aromatic N) is 1. The van der Waals surface area contributed by atoms with E-state index in [9.17, 15) is 15.0 Å². The number of carbonyl (C=O) groups excluding carboxylic acids is 1. The molecule has 0 bridgehead atoms. The maximum absolute atomic E-state index is 13.1. The van der Waals surface area contributed by atoms with Crippen molar-refractivity contribution in [1.82, 2.24) is 10.2 Å². The SMILES string of the molecule is O=C(c1cc(Cl)c(O)cc1O)N1CCCC1c1ccc(CNCCC2CCOCC2)cc1. The van der Waals surface area contributed by atoms with Crippen molar-refractivity contribution >= 4 is 17.5 Å². The van der Waals surface area contributed by atoms with E-state index in [1.54, 1.807) is 4.90 Å². The second kappa shape index (κ2) is 10.6. The molecule has 172 valence electrons. The molecule has 0 aromatic heterocycles. The standard InChI is InChI=1S/C25H31ClN2O4/c26-21-14-20(23(29)15-24(21)30)25(31)28-11-1-2-22(28)19-5-3-18(4-6-19)16-27-10-7-17-8-12-32-13-9-17/h3-6,14-15,17,22,27,29-30H,1-2,7-13,16H2. The van der Waals surface area contributed by atoms with Gasteiger partial charge in [-0.25, -0.2) is 0 Å². The second-order valence-corrected chi connectivity index (χ2v) is 9.15. The van der Waals surface area contributed by atoms with Gasteiger partial charge in [0.25, 0.3) is 5.91 Å². The third-order valence-electron chi connectivity index (χ3n) is 6.57. The van der Waals surface area contributed by atoms with Crippen LogP contribution in [0.3, 0.4) is 0 Å². The van der Waals surface area contributed by atoms with E-state index in [4.69, 9.17) is 16.3 Å². The van der Waals surface area contributed by atoms with E-state index in [0.717, 1.165) is 56.7 Å². The first-order chi connectivity index (χ1) is 15.5. The molecule has 2 aliphatic rings. The average Bonchev–Trinajstić information content (AvgIpc) is 3.30. The van der Waals surface area contributed by atoms with E-state index in [1.807, 2.05) is 0 Å². The number of aromatic hydroxyl groups is 2. The molecule has 2 saturated heterocycles. The van der Waals surface area contributed by atoms with Crippen LogP contribution in [0.4, 0.5) is 0 Å². The van der Waals surface area contributed by atoms with Gasteiger partial charge in [-0.2, -0.15) is 0 Å². The van der Waals surface area contributed by atoms with Gasteiger partial charge < -0.3 is 25.2 Å². The molecule has 0 saturated carbocycles. The number of benzene rings is 2. The highest BCUT2D eigenvalue weighted by atomic mass is 35.5. The topological polar surface area (TPSA) is 82.0 Å². The second-order valence-electron chi connectivity index (χ2n) is 8.74. The van der Waals surface area contributed by atoms with Crippen LogP contribution in [0.1, 0.15) is 59.6 Å². The number of halogens is 1. The Morgan fingerprint density at radius 3 is 2.59 bits per heavy atom. The van der Waals surface area contributed by atoms with Gasteiger partial charge >= 0.3 is 0 Å². The molecule has 0 spiro atoms. The number of phenolic OH excluding ortho intramolecular Hbond substituents is 2. The van der Waals surface area contributed by atoms with Gasteiger partial charge in [0.15, 0.2) is 0 Å². The summed E-state index contributed by atoms with van der Waals surface area (Å²) >= 11 is 5.96. The van der Waals surface area contributed by atoms with Crippen LogP contribution in [-0.4, -0.2) is 47.3 Å². The van der Waals surface area contributed by atoms with E-state index in [0.29, 0.717) is 6.54 Å². The van der Waals surface area contributed by atoms with Gasteiger partial charge in [0.05, 0.1) is 16.6 Å². The molecule has 2 aromatic rings. The lowest BCUT2D eigenvalue weighted by atomic mass is 9.96. The lowest BCUT2D eigenvalue weighted by Crippen LogP contribution is -2.30. The first kappa shape index (κ1) is 22.9. The molecular formula is C25H31ClN2O4. The Labute approximate surface area is 194 Å². The van der Waals surface area contributed by atoms with Gasteiger partial charge in [-0.3, -0.25) is 4.79 Å². The maximum Gasteiger partial charge on any atom is 0.258 e. The summed E-state index contributed by atoms with van der Waals surface area (Å²) in [5, 5.41) is 23.4. The van der Waals surface area contributed by atoms with Crippen molar-refractivity contribution in [3.63, 3.8) is 0 Å². The first-order valence-corrected chi connectivity index (χ1v) is 11.8. The van der Waals surface area contributed by atoms with Gasteiger partial charge in [-0.05, 0) is 61.8 Å². The Bertz CT molecular complexity index is 928. The lowest BCUT2D eigenvalue weighted by molar-refractivity contribution is 0.0639. The molecule has 1 amide bonds. The zero-order valence-corrected chi connectivity index (χ0v) is 19.0. The normalized spacial score (nSPS) is 19.4. The molecule has 7 heteroatoms. The van der Waals surface area contributed by atoms with Crippen LogP contribution < -0.4 is 5.32 Å². The number of rotatable bonds is 7. The number of ether oxygens (including phenoxy) is 1. The summed E-state index contributed by atoms with van der Waals surface area (Å²) in [6, 6.07) is 10.8. The van der Waals surface area contributed by atoms with Crippen LogP contribution in [0, 0.1) is 5.92 Å². The van der Waals surface area contributed by atoms with E-state index in [2.05, 4.69) is 29.6 Å². The van der Waals surface area contributed by atoms with E-state index >= 15 is 0 Å². The van der Waals surface area contributed by atoms with Gasteiger partial charge in [0.1, 0.15) is 11.5 Å². The predicted molar refractivity (Wildman–Crippen MR) is 124 cm³/mol. The summed E-state index contributed by atoms with van der Waals surface area (Å²) in [5.74, 6) is -0.00135. The third kappa shape index (κ3) is 5.37. The Balaban J connectivity index is 1.34. The number of likely N-dealkylation sites (tertiary alicyclic amines) is 1. The van der Waals surface area contributed by atoms with Crippen LogP contribution in [0.25, 0.3) is 0 Å². The Morgan fingerprint density at radius 1 is 1.09 bits per heavy atom. The molecule has 1 atom stereocenters. The summed E-state index contributed by atoms with van der Waals surface area (Å²) in [4.78, 5) is 14.9. The van der Waals surface area contributed by atoms with Gasteiger partial charge in [-0.15, -0.1) is 0 Å². The number of hydrogen-bond donors (Lipinski definition) is 3. The average molecular weight is 459 g/mol. The first-order valence-electron chi connectivity index (χ1n) is 11.4. The summed E-state index contributed by atoms with van der Waals surface area (Å²) in [5.41, 5.74) is 2.43. The molecule has 1 unspecified atom stereocenters. The van der Waals surface area contributed by atoms with Crippen LogP contribution >= 0.6 is 11.6 Å². The molecule has 3 N–H and O–H groups in total. The lowest BCUT2D eigenvalue weighted by Gasteiger charge is -2.26. The highest BCUT2D eigenvalue weighted by molar-refractivity contribution is 6.32. The number of phenols is 2. The molecule has 2 heterocycles. The van der Waals surface area contributed by atoms with Gasteiger partial charge in [0.2, 0.25) is 0 Å². The Kier molecular flexibility index (Phi) is 7.55. The van der Waals surface area contributed by atoms with Crippen molar-refractivity contribution in [3.05, 3.63) is 58.1 Å². The molecule has 2 aliphatic heterocycles. The fourth-order valence-electron chi connectivity index (χ4n) is 4.66. The van der Waals surface area contributed by atoms with Crippen LogP contribution in [0.5, 0.6) is 11.5 Å². The number of hydrogen-bond acceptors (Lipinski definition) is 5. The van der Waals surface area contributed by atoms with Crippen molar-refractivity contribution < 1.29 is 19.7 Å². The molecule has 4 rings (SSSR count). The molecule has 2 fully saturated rings. The molecule has 6 nitrogen and oxygen atoms in total. The highest BCUT2D eigenvalue weighted by Gasteiger charge is 2.32. The molecular weight excluding hydrogens is 428 g/mol. The fraction of sp³-hybridized carbons (Fsp3) is 0.480. The van der Waals surface area contributed by atoms with Crippen molar-refractivity contribution in [3.8, 4) is 11.5 Å². The van der Waals surface area contributed by atoms with E-state index in [1.165, 1.54) is 30.9 Å². The van der Waals surface area contributed by atoms with Crippen molar-refractivity contribution in [2.24, 2.45) is 5.92 Å². The monoisotopic (exact) mass is 458 g/mol. The molecule has 32 heavy (non-hydrogen) atoms. The quantitative estimate of drug-likeness (QED) is 0.527. The van der Waals surface area contributed by atoms with Crippen molar-refractivity contribution in [2.75, 3.05) is 26.3 Å². The molecule has 0 aliphatic carbocycles. The maximum atomic E-state index is 13.1.